The van der Waals surface area contributed by atoms with Crippen LogP contribution in [0.4, 0.5) is 0 Å². The number of nitrogens with one attached hydrogen (secondary N) is 1. The van der Waals surface area contributed by atoms with Crippen LogP contribution in [0.15, 0.2) is 40.3 Å². The normalized spacial score (nSPS) is 11.5. The number of ether oxygens (including phenoxy) is 2. The number of phenolic OH excluding ortho intramolecular Hbond substituents is 1. The van der Waals surface area contributed by atoms with Crippen molar-refractivity contribution in [3.8, 4) is 17.2 Å². The summed E-state index contributed by atoms with van der Waals surface area (Å²) in [7, 11) is -0.968. The van der Waals surface area contributed by atoms with E-state index in [1.807, 2.05) is 13.8 Å². The van der Waals surface area contributed by atoms with Gasteiger partial charge in [-0.1, -0.05) is 6.07 Å². The summed E-state index contributed by atoms with van der Waals surface area (Å²) in [4.78, 5) is 2.29. The van der Waals surface area contributed by atoms with Crippen LogP contribution in [0, 0.1) is 13.8 Å². The average Bonchev–Trinajstić information content (AvgIpc) is 2.58. The second-order valence-corrected chi connectivity index (χ2v) is 7.03. The van der Waals surface area contributed by atoms with E-state index in [0.29, 0.717) is 5.56 Å². The van der Waals surface area contributed by atoms with Gasteiger partial charge >= 0.3 is 0 Å². The molecule has 0 heterocycles. The quantitative estimate of drug-likeness (QED) is 0.606. The van der Waals surface area contributed by atoms with E-state index in [-0.39, 0.29) is 22.1 Å². The Labute approximate surface area is 147 Å². The molecule has 0 atom stereocenters. The summed E-state index contributed by atoms with van der Waals surface area (Å²) < 4.78 is 34.6. The third-order valence-corrected chi connectivity index (χ3v) is 4.90. The SMILES string of the molecule is COc1cc(/C=N/NS(=O)(=O)c2ccc(C)c(C)c2)cc(OC)c1O. The minimum atomic E-state index is -3.77. The van der Waals surface area contributed by atoms with Crippen molar-refractivity contribution in [2.45, 2.75) is 18.7 Å². The van der Waals surface area contributed by atoms with Gasteiger partial charge in [0, 0.05) is 5.56 Å². The number of aromatic hydroxyl groups is 1. The van der Waals surface area contributed by atoms with Crippen LogP contribution in [-0.2, 0) is 10.0 Å². The average molecular weight is 364 g/mol. The predicted octanol–water partition coefficient (Wildman–Crippen LogP) is 2.34. The highest BCUT2D eigenvalue weighted by Crippen LogP contribution is 2.36. The molecule has 7 nitrogen and oxygen atoms in total. The Hall–Kier alpha value is -2.74. The molecule has 0 aliphatic rings. The van der Waals surface area contributed by atoms with Gasteiger partial charge in [-0.25, -0.2) is 4.83 Å². The van der Waals surface area contributed by atoms with Crippen molar-refractivity contribution in [2.24, 2.45) is 5.10 Å². The number of hydrogen-bond donors (Lipinski definition) is 2. The van der Waals surface area contributed by atoms with Crippen LogP contribution in [0.5, 0.6) is 17.2 Å². The van der Waals surface area contributed by atoms with E-state index in [4.69, 9.17) is 9.47 Å². The lowest BCUT2D eigenvalue weighted by molar-refractivity contribution is 0.340. The fourth-order valence-electron chi connectivity index (χ4n) is 2.09. The van der Waals surface area contributed by atoms with E-state index < -0.39 is 10.0 Å². The van der Waals surface area contributed by atoms with Crippen LogP contribution in [0.1, 0.15) is 16.7 Å². The van der Waals surface area contributed by atoms with Gasteiger partial charge in [0.15, 0.2) is 11.5 Å². The smallest absolute Gasteiger partial charge is 0.276 e. The molecule has 0 spiro atoms. The van der Waals surface area contributed by atoms with Gasteiger partial charge in [0.1, 0.15) is 0 Å². The minimum absolute atomic E-state index is 0.133. The Bertz CT molecular complexity index is 882. The van der Waals surface area contributed by atoms with Crippen molar-refractivity contribution >= 4 is 16.2 Å². The summed E-state index contributed by atoms with van der Waals surface area (Å²) in [5.74, 6) is 0.244. The van der Waals surface area contributed by atoms with Crippen LogP contribution in [0.2, 0.25) is 0 Å². The van der Waals surface area contributed by atoms with Crippen LogP contribution in [-0.4, -0.2) is 34.0 Å². The third-order valence-electron chi connectivity index (χ3n) is 3.68. The molecule has 2 aromatic rings. The number of nitrogens with zero attached hydrogens (tertiary/aromatic N) is 1. The molecule has 0 saturated heterocycles. The van der Waals surface area contributed by atoms with Gasteiger partial charge in [0.05, 0.1) is 25.3 Å². The first-order valence-electron chi connectivity index (χ1n) is 7.35. The number of sulfonamides is 1. The van der Waals surface area contributed by atoms with Crippen molar-refractivity contribution in [3.05, 3.63) is 47.0 Å². The first-order chi connectivity index (χ1) is 11.8. The van der Waals surface area contributed by atoms with E-state index in [1.165, 1.54) is 38.6 Å². The zero-order chi connectivity index (χ0) is 18.6. The highest BCUT2D eigenvalue weighted by molar-refractivity contribution is 7.89. The number of benzene rings is 2. The standard InChI is InChI=1S/C17H20N2O5S/c1-11-5-6-14(7-12(11)2)25(21,22)19-18-10-13-8-15(23-3)17(20)16(9-13)24-4/h5-10,19-20H,1-4H3/b18-10+. The van der Waals surface area contributed by atoms with Crippen molar-refractivity contribution in [1.82, 2.24) is 4.83 Å². The maximum Gasteiger partial charge on any atom is 0.276 e. The number of hydrazone groups is 1. The molecule has 2 N–H and O–H groups in total. The zero-order valence-electron chi connectivity index (χ0n) is 14.4. The number of hydrogen-bond acceptors (Lipinski definition) is 6. The summed E-state index contributed by atoms with van der Waals surface area (Å²) in [6.07, 6.45) is 1.29. The second kappa shape index (κ2) is 7.43. The Morgan fingerprint density at radius 3 is 2.16 bits per heavy atom. The zero-order valence-corrected chi connectivity index (χ0v) is 15.2. The predicted molar refractivity (Wildman–Crippen MR) is 95.0 cm³/mol. The molecule has 2 rings (SSSR count). The molecule has 0 radical (unpaired) electrons. The summed E-state index contributed by atoms with van der Waals surface area (Å²) in [5, 5.41) is 13.6. The van der Waals surface area contributed by atoms with Crippen LogP contribution in [0.3, 0.4) is 0 Å². The van der Waals surface area contributed by atoms with Gasteiger partial charge in [-0.15, -0.1) is 0 Å². The third kappa shape index (κ3) is 4.21. The lowest BCUT2D eigenvalue weighted by Crippen LogP contribution is -2.18. The van der Waals surface area contributed by atoms with E-state index in [9.17, 15) is 13.5 Å². The van der Waals surface area contributed by atoms with Crippen molar-refractivity contribution in [2.75, 3.05) is 14.2 Å². The maximum absolute atomic E-state index is 12.3. The Morgan fingerprint density at radius 1 is 1.04 bits per heavy atom. The molecule has 2 aromatic carbocycles. The Balaban J connectivity index is 2.23. The molecule has 0 bridgehead atoms. The van der Waals surface area contributed by atoms with Crippen molar-refractivity contribution in [3.63, 3.8) is 0 Å². The van der Waals surface area contributed by atoms with Crippen LogP contribution < -0.4 is 14.3 Å². The van der Waals surface area contributed by atoms with Crippen molar-refractivity contribution < 1.29 is 23.0 Å². The molecule has 134 valence electrons. The van der Waals surface area contributed by atoms with Crippen LogP contribution in [0.25, 0.3) is 0 Å². The molecule has 0 amide bonds. The summed E-state index contributed by atoms with van der Waals surface area (Å²) in [6.45, 7) is 3.75. The van der Waals surface area contributed by atoms with Gasteiger partial charge in [0.25, 0.3) is 10.0 Å². The van der Waals surface area contributed by atoms with Crippen LogP contribution >= 0.6 is 0 Å². The maximum atomic E-state index is 12.3. The number of phenols is 1. The largest absolute Gasteiger partial charge is 0.502 e. The van der Waals surface area contributed by atoms with E-state index in [2.05, 4.69) is 9.93 Å². The molecule has 25 heavy (non-hydrogen) atoms. The minimum Gasteiger partial charge on any atom is -0.502 e. The van der Waals surface area contributed by atoms with Gasteiger partial charge in [-0.05, 0) is 49.2 Å². The molecular weight excluding hydrogens is 344 g/mol. The fraction of sp³-hybridized carbons (Fsp3) is 0.235. The summed E-state index contributed by atoms with van der Waals surface area (Å²) in [5.41, 5.74) is 2.37. The molecule has 0 aliphatic carbocycles. The van der Waals surface area contributed by atoms with Gasteiger partial charge < -0.3 is 14.6 Å². The number of methoxy groups -OCH3 is 2. The first kappa shape index (κ1) is 18.6. The highest BCUT2D eigenvalue weighted by atomic mass is 32.2. The summed E-state index contributed by atoms with van der Waals surface area (Å²) >= 11 is 0. The van der Waals surface area contributed by atoms with E-state index in [1.54, 1.807) is 12.1 Å². The van der Waals surface area contributed by atoms with E-state index >= 15 is 0 Å². The molecule has 0 saturated carbocycles. The molecule has 0 aliphatic heterocycles. The molecule has 8 heteroatoms. The van der Waals surface area contributed by atoms with E-state index in [0.717, 1.165) is 11.1 Å². The second-order valence-electron chi connectivity index (χ2n) is 5.37. The first-order valence-corrected chi connectivity index (χ1v) is 8.84. The lowest BCUT2D eigenvalue weighted by Gasteiger charge is -2.09. The molecule has 0 aromatic heterocycles. The fourth-order valence-corrected chi connectivity index (χ4v) is 2.97. The Morgan fingerprint density at radius 2 is 1.64 bits per heavy atom. The Kier molecular flexibility index (Phi) is 5.53. The molecule has 0 fully saturated rings. The van der Waals surface area contributed by atoms with Gasteiger partial charge in [-0.3, -0.25) is 0 Å². The number of rotatable bonds is 6. The molecular formula is C17H20N2O5S. The summed E-state index contributed by atoms with van der Waals surface area (Å²) in [6, 6.07) is 7.85. The number of aryl methyl sites for hydroxylation is 2. The molecule has 0 unspecified atom stereocenters. The van der Waals surface area contributed by atoms with Gasteiger partial charge in [-0.2, -0.15) is 13.5 Å². The van der Waals surface area contributed by atoms with Crippen molar-refractivity contribution in [1.29, 1.82) is 0 Å². The van der Waals surface area contributed by atoms with Gasteiger partial charge in [0.2, 0.25) is 5.75 Å². The highest BCUT2D eigenvalue weighted by Gasteiger charge is 2.14. The lowest BCUT2D eigenvalue weighted by atomic mass is 10.1. The topological polar surface area (TPSA) is 97.2 Å². The monoisotopic (exact) mass is 364 g/mol.